The fraction of sp³-hybridized carbons (Fsp3) is 0.286. The molecule has 0 bridgehead atoms. The van der Waals surface area contributed by atoms with Crippen LogP contribution < -0.4 is 4.72 Å². The maximum atomic E-state index is 11.4. The van der Waals surface area contributed by atoms with E-state index in [9.17, 15) is 8.42 Å². The minimum atomic E-state index is -3.36. The number of halogens is 1. The summed E-state index contributed by atoms with van der Waals surface area (Å²) in [7, 11) is -3.36. The molecule has 0 aliphatic carbocycles. The Bertz CT molecular complexity index is 374. The number of sulfonamides is 1. The third kappa shape index (κ3) is 2.75. The van der Waals surface area contributed by atoms with Crippen LogP contribution in [0.2, 0.25) is 0 Å². The number of hydrogen-bond acceptors (Lipinski definition) is 3. The van der Waals surface area contributed by atoms with Gasteiger partial charge in [-0.15, -0.1) is 0 Å². The minimum Gasteiger partial charge on any atom is -0.248 e. The first-order valence-electron chi connectivity index (χ1n) is 3.67. The Morgan fingerprint density at radius 2 is 2.23 bits per heavy atom. The van der Waals surface area contributed by atoms with Crippen LogP contribution in [0.5, 0.6) is 0 Å². The molecule has 0 fully saturated rings. The zero-order chi connectivity index (χ0) is 9.90. The SMILES string of the molecule is CCNS(=O)(=O)c1ccc(Br)nc1. The predicted octanol–water partition coefficient (Wildman–Crippen LogP) is 1.14. The summed E-state index contributed by atoms with van der Waals surface area (Å²) in [5.41, 5.74) is 0. The Balaban J connectivity index is 3.02. The maximum absolute atomic E-state index is 11.4. The molecule has 0 aromatic carbocycles. The Labute approximate surface area is 85.6 Å². The highest BCUT2D eigenvalue weighted by molar-refractivity contribution is 9.10. The summed E-state index contributed by atoms with van der Waals surface area (Å²) in [6.45, 7) is 2.10. The molecule has 0 aliphatic heterocycles. The number of aromatic nitrogens is 1. The molecule has 0 aliphatic rings. The molecule has 0 atom stereocenters. The van der Waals surface area contributed by atoms with Gasteiger partial charge in [0.2, 0.25) is 10.0 Å². The number of nitrogens with one attached hydrogen (secondary N) is 1. The number of pyridine rings is 1. The highest BCUT2D eigenvalue weighted by Crippen LogP contribution is 2.10. The molecule has 0 amide bonds. The van der Waals surface area contributed by atoms with Crippen LogP contribution in [0.25, 0.3) is 0 Å². The maximum Gasteiger partial charge on any atom is 0.242 e. The number of nitrogens with zero attached hydrogens (tertiary/aromatic N) is 1. The van der Waals surface area contributed by atoms with Gasteiger partial charge in [-0.05, 0) is 28.1 Å². The zero-order valence-corrected chi connectivity index (χ0v) is 9.39. The highest BCUT2D eigenvalue weighted by atomic mass is 79.9. The minimum absolute atomic E-state index is 0.178. The van der Waals surface area contributed by atoms with Crippen molar-refractivity contribution in [3.8, 4) is 0 Å². The van der Waals surface area contributed by atoms with Gasteiger partial charge in [-0.3, -0.25) is 0 Å². The smallest absolute Gasteiger partial charge is 0.242 e. The van der Waals surface area contributed by atoms with E-state index in [4.69, 9.17) is 0 Å². The topological polar surface area (TPSA) is 59.1 Å². The van der Waals surface area contributed by atoms with Crippen molar-refractivity contribution in [3.63, 3.8) is 0 Å². The molecule has 0 saturated carbocycles. The lowest BCUT2D eigenvalue weighted by Gasteiger charge is -2.02. The van der Waals surface area contributed by atoms with Crippen molar-refractivity contribution in [3.05, 3.63) is 22.9 Å². The number of rotatable bonds is 3. The molecule has 0 saturated heterocycles. The third-order valence-electron chi connectivity index (χ3n) is 1.34. The van der Waals surface area contributed by atoms with Gasteiger partial charge in [0.15, 0.2) is 0 Å². The second-order valence-electron chi connectivity index (χ2n) is 2.32. The van der Waals surface area contributed by atoms with Crippen molar-refractivity contribution in [1.82, 2.24) is 9.71 Å². The zero-order valence-electron chi connectivity index (χ0n) is 6.99. The molecule has 1 aromatic heterocycles. The first-order chi connectivity index (χ1) is 6.06. The van der Waals surface area contributed by atoms with E-state index in [-0.39, 0.29) is 4.90 Å². The van der Waals surface area contributed by atoms with Crippen molar-refractivity contribution in [2.24, 2.45) is 0 Å². The normalized spacial score (nSPS) is 11.5. The summed E-state index contributed by atoms with van der Waals surface area (Å²) >= 11 is 3.12. The van der Waals surface area contributed by atoms with Gasteiger partial charge in [0.25, 0.3) is 0 Å². The van der Waals surface area contributed by atoms with Crippen LogP contribution in [0.1, 0.15) is 6.92 Å². The summed E-state index contributed by atoms with van der Waals surface area (Å²) in [5.74, 6) is 0. The van der Waals surface area contributed by atoms with Gasteiger partial charge in [0, 0.05) is 12.7 Å². The molecule has 1 heterocycles. The fourth-order valence-electron chi connectivity index (χ4n) is 0.795. The van der Waals surface area contributed by atoms with E-state index < -0.39 is 10.0 Å². The number of hydrogen-bond donors (Lipinski definition) is 1. The molecule has 6 heteroatoms. The van der Waals surface area contributed by atoms with Crippen LogP contribution in [-0.4, -0.2) is 19.9 Å². The van der Waals surface area contributed by atoms with E-state index in [0.717, 1.165) is 0 Å². The lowest BCUT2D eigenvalue weighted by molar-refractivity contribution is 0.583. The first-order valence-corrected chi connectivity index (χ1v) is 5.95. The summed E-state index contributed by atoms with van der Waals surface area (Å²) in [5, 5.41) is 0. The Hall–Kier alpha value is -0.460. The van der Waals surface area contributed by atoms with E-state index in [1.807, 2.05) is 0 Å². The highest BCUT2D eigenvalue weighted by Gasteiger charge is 2.11. The van der Waals surface area contributed by atoms with Gasteiger partial charge < -0.3 is 0 Å². The van der Waals surface area contributed by atoms with Crippen molar-refractivity contribution in [2.75, 3.05) is 6.54 Å². The van der Waals surface area contributed by atoms with Gasteiger partial charge in [-0.2, -0.15) is 0 Å². The van der Waals surface area contributed by atoms with Crippen molar-refractivity contribution in [1.29, 1.82) is 0 Å². The van der Waals surface area contributed by atoms with E-state index in [2.05, 4.69) is 25.6 Å². The molecule has 72 valence electrons. The molecule has 13 heavy (non-hydrogen) atoms. The van der Waals surface area contributed by atoms with Crippen LogP contribution in [0.3, 0.4) is 0 Å². The summed E-state index contributed by atoms with van der Waals surface area (Å²) < 4.78 is 25.7. The summed E-state index contributed by atoms with van der Waals surface area (Å²) in [6.07, 6.45) is 1.31. The van der Waals surface area contributed by atoms with E-state index in [0.29, 0.717) is 11.1 Å². The van der Waals surface area contributed by atoms with Crippen LogP contribution >= 0.6 is 15.9 Å². The summed E-state index contributed by atoms with van der Waals surface area (Å²) in [6, 6.07) is 3.08. The molecule has 0 unspecified atom stereocenters. The monoisotopic (exact) mass is 264 g/mol. The van der Waals surface area contributed by atoms with Crippen LogP contribution in [0.4, 0.5) is 0 Å². The van der Waals surface area contributed by atoms with Crippen molar-refractivity contribution < 1.29 is 8.42 Å². The average molecular weight is 265 g/mol. The Morgan fingerprint density at radius 3 is 2.69 bits per heavy atom. The van der Waals surface area contributed by atoms with Gasteiger partial charge >= 0.3 is 0 Å². The lowest BCUT2D eigenvalue weighted by Crippen LogP contribution is -2.23. The van der Waals surface area contributed by atoms with E-state index >= 15 is 0 Å². The molecule has 0 radical (unpaired) electrons. The summed E-state index contributed by atoms with van der Waals surface area (Å²) in [4.78, 5) is 4.00. The largest absolute Gasteiger partial charge is 0.248 e. The first kappa shape index (κ1) is 10.6. The molecular formula is C7H9BrN2O2S. The predicted molar refractivity (Wildman–Crippen MR) is 52.8 cm³/mol. The Kier molecular flexibility index (Phi) is 3.40. The quantitative estimate of drug-likeness (QED) is 0.834. The van der Waals surface area contributed by atoms with Gasteiger partial charge in [-0.25, -0.2) is 18.1 Å². The second kappa shape index (κ2) is 4.17. The van der Waals surface area contributed by atoms with Crippen LogP contribution in [-0.2, 0) is 10.0 Å². The Morgan fingerprint density at radius 1 is 1.54 bits per heavy atom. The fourth-order valence-corrected chi connectivity index (χ4v) is 2.01. The molecule has 1 N–H and O–H groups in total. The average Bonchev–Trinajstić information content (AvgIpc) is 2.05. The third-order valence-corrected chi connectivity index (χ3v) is 3.34. The van der Waals surface area contributed by atoms with Crippen LogP contribution in [0, 0.1) is 0 Å². The van der Waals surface area contributed by atoms with Gasteiger partial charge in [0.05, 0.1) is 0 Å². The van der Waals surface area contributed by atoms with Crippen molar-refractivity contribution >= 4 is 26.0 Å². The molecule has 4 nitrogen and oxygen atoms in total. The van der Waals surface area contributed by atoms with Crippen LogP contribution in [0.15, 0.2) is 27.8 Å². The van der Waals surface area contributed by atoms with Gasteiger partial charge in [0.1, 0.15) is 9.50 Å². The molecule has 1 aromatic rings. The standard InChI is InChI=1S/C7H9BrN2O2S/c1-2-10-13(11,12)6-3-4-7(8)9-5-6/h3-5,10H,2H2,1H3. The molecule has 1 rings (SSSR count). The second-order valence-corrected chi connectivity index (χ2v) is 4.90. The molecular weight excluding hydrogens is 256 g/mol. The van der Waals surface area contributed by atoms with Crippen molar-refractivity contribution in [2.45, 2.75) is 11.8 Å². The molecule has 0 spiro atoms. The van der Waals surface area contributed by atoms with Gasteiger partial charge in [-0.1, -0.05) is 6.92 Å². The van der Waals surface area contributed by atoms with E-state index in [1.165, 1.54) is 12.3 Å². The van der Waals surface area contributed by atoms with E-state index in [1.54, 1.807) is 13.0 Å². The lowest BCUT2D eigenvalue weighted by atomic mass is 10.5.